The molecule has 0 amide bonds. The highest BCUT2D eigenvalue weighted by molar-refractivity contribution is 7.18. The number of aryl methyl sites for hydroxylation is 1. The second kappa shape index (κ2) is 10.6. The highest BCUT2D eigenvalue weighted by Gasteiger charge is 2.48. The van der Waals surface area contributed by atoms with Crippen LogP contribution in [0.4, 0.5) is 26.3 Å². The largest absolute Gasteiger partial charge is 0.443 e. The fourth-order valence-electron chi connectivity index (χ4n) is 4.86. The van der Waals surface area contributed by atoms with Crippen LogP contribution in [0.1, 0.15) is 28.8 Å². The minimum Gasteiger partial charge on any atom is -0.394 e. The van der Waals surface area contributed by atoms with Crippen LogP contribution in [-0.2, 0) is 10.9 Å². The summed E-state index contributed by atoms with van der Waals surface area (Å²) in [5, 5.41) is 43.3. The first-order valence-corrected chi connectivity index (χ1v) is 13.3. The molecule has 18 heteroatoms. The van der Waals surface area contributed by atoms with E-state index < -0.39 is 65.7 Å². The topological polar surface area (TPSA) is 144 Å². The third-order valence-corrected chi connectivity index (χ3v) is 7.90. The van der Waals surface area contributed by atoms with Crippen molar-refractivity contribution < 1.29 is 46.4 Å². The second-order valence-corrected chi connectivity index (χ2v) is 10.7. The Kier molecular flexibility index (Phi) is 7.20. The van der Waals surface area contributed by atoms with Gasteiger partial charge in [0.05, 0.1) is 28.7 Å². The van der Waals surface area contributed by atoms with Gasteiger partial charge in [-0.2, -0.15) is 18.3 Å². The van der Waals surface area contributed by atoms with Gasteiger partial charge in [-0.3, -0.25) is 0 Å². The molecule has 0 unspecified atom stereocenters. The average Bonchev–Trinajstić information content (AvgIpc) is 3.69. The van der Waals surface area contributed by atoms with Crippen LogP contribution in [0, 0.1) is 24.4 Å². The van der Waals surface area contributed by atoms with E-state index in [0.717, 1.165) is 10.9 Å². The van der Waals surface area contributed by atoms with Crippen LogP contribution in [0.15, 0.2) is 36.5 Å². The monoisotopic (exact) mass is 627 g/mol. The van der Waals surface area contributed by atoms with Crippen molar-refractivity contribution in [3.8, 4) is 16.9 Å². The highest BCUT2D eigenvalue weighted by atomic mass is 32.1. The van der Waals surface area contributed by atoms with Gasteiger partial charge in [-0.1, -0.05) is 5.21 Å². The molecule has 4 heterocycles. The standard InChI is InChI=1S/C25H19F6N7O4S/c1-9-32-23(38(35-9)11-2-3-14-17(6-11)43-24(33-14)25(29,30)31)22-21(41)19(20(40)16(8-39)42-22)37-7-15(34-36-37)10-4-12(26)18(28)13(27)5-10/h2-7,16,19-22,39-41H,8H2,1H3/t16-,19+,20+,21-,22-/m1/s1. The van der Waals surface area contributed by atoms with Crippen LogP contribution in [0.5, 0.6) is 0 Å². The average molecular weight is 628 g/mol. The lowest BCUT2D eigenvalue weighted by Crippen LogP contribution is -2.53. The van der Waals surface area contributed by atoms with Crippen LogP contribution >= 0.6 is 11.3 Å². The summed E-state index contributed by atoms with van der Waals surface area (Å²) in [4.78, 5) is 7.95. The number of hydrogen-bond donors (Lipinski definition) is 3. The van der Waals surface area contributed by atoms with Gasteiger partial charge >= 0.3 is 6.18 Å². The molecular weight excluding hydrogens is 608 g/mol. The fourth-order valence-corrected chi connectivity index (χ4v) is 5.72. The maximum atomic E-state index is 13.8. The lowest BCUT2D eigenvalue weighted by atomic mass is 9.92. The molecule has 1 aliphatic heterocycles. The quantitative estimate of drug-likeness (QED) is 0.198. The van der Waals surface area contributed by atoms with Crippen LogP contribution in [0.25, 0.3) is 27.2 Å². The molecule has 3 aromatic heterocycles. The maximum absolute atomic E-state index is 13.8. The summed E-state index contributed by atoms with van der Waals surface area (Å²) in [7, 11) is 0. The van der Waals surface area contributed by atoms with Gasteiger partial charge in [-0.15, -0.1) is 16.4 Å². The Labute approximate surface area is 240 Å². The summed E-state index contributed by atoms with van der Waals surface area (Å²) in [6.07, 6.45) is -9.35. The first-order valence-electron chi connectivity index (χ1n) is 12.5. The number of alkyl halides is 3. The number of aliphatic hydroxyl groups excluding tert-OH is 3. The van der Waals surface area contributed by atoms with E-state index >= 15 is 0 Å². The minimum atomic E-state index is -4.63. The molecule has 1 saturated heterocycles. The van der Waals surface area contributed by atoms with Gasteiger partial charge in [-0.05, 0) is 37.3 Å². The van der Waals surface area contributed by atoms with Gasteiger partial charge in [0.25, 0.3) is 0 Å². The number of benzene rings is 2. The van der Waals surface area contributed by atoms with Crippen molar-refractivity contribution in [2.75, 3.05) is 6.61 Å². The molecule has 0 aliphatic carbocycles. The van der Waals surface area contributed by atoms with E-state index in [0.29, 0.717) is 23.5 Å². The van der Waals surface area contributed by atoms with Gasteiger partial charge in [-0.25, -0.2) is 32.5 Å². The predicted octanol–water partition coefficient (Wildman–Crippen LogP) is 3.28. The molecule has 0 spiro atoms. The smallest absolute Gasteiger partial charge is 0.394 e. The predicted molar refractivity (Wildman–Crippen MR) is 135 cm³/mol. The number of hydrogen-bond acceptors (Lipinski definition) is 10. The minimum absolute atomic E-state index is 0.0109. The van der Waals surface area contributed by atoms with E-state index in [-0.39, 0.29) is 38.8 Å². The Morgan fingerprint density at radius 3 is 2.42 bits per heavy atom. The van der Waals surface area contributed by atoms with Crippen LogP contribution in [0.2, 0.25) is 0 Å². The number of aliphatic hydroxyl groups is 3. The van der Waals surface area contributed by atoms with Gasteiger partial charge in [0.15, 0.2) is 28.3 Å². The zero-order valence-electron chi connectivity index (χ0n) is 21.6. The van der Waals surface area contributed by atoms with E-state index in [4.69, 9.17) is 4.74 Å². The molecule has 1 aliphatic rings. The summed E-state index contributed by atoms with van der Waals surface area (Å²) in [6, 6.07) is 4.29. The van der Waals surface area contributed by atoms with Gasteiger partial charge in [0.1, 0.15) is 42.0 Å². The Hall–Kier alpha value is -3.97. The molecule has 3 N–H and O–H groups in total. The molecule has 2 aromatic carbocycles. The highest BCUT2D eigenvalue weighted by Crippen LogP contribution is 2.40. The third kappa shape index (κ3) is 5.14. The first-order chi connectivity index (χ1) is 20.3. The van der Waals surface area contributed by atoms with E-state index in [1.54, 1.807) is 0 Å². The third-order valence-electron chi connectivity index (χ3n) is 6.84. The molecular formula is C25H19F6N7O4S. The molecule has 5 aromatic rings. The van der Waals surface area contributed by atoms with Crippen molar-refractivity contribution in [2.45, 2.75) is 43.6 Å². The number of nitrogens with zero attached hydrogens (tertiary/aromatic N) is 7. The van der Waals surface area contributed by atoms with Crippen molar-refractivity contribution >= 4 is 21.6 Å². The van der Waals surface area contributed by atoms with E-state index in [9.17, 15) is 41.7 Å². The van der Waals surface area contributed by atoms with Crippen molar-refractivity contribution in [1.82, 2.24) is 34.7 Å². The van der Waals surface area contributed by atoms with E-state index in [2.05, 4.69) is 25.4 Å². The second-order valence-electron chi connectivity index (χ2n) is 9.68. The van der Waals surface area contributed by atoms with Crippen molar-refractivity contribution in [3.05, 3.63) is 70.6 Å². The molecule has 43 heavy (non-hydrogen) atoms. The SMILES string of the molecule is Cc1nc([C@@H]2O[C@H](CO)[C@H](O)[C@H](n3cc(-c4cc(F)c(F)c(F)c4)nn3)[C@H]2O)n(-c2ccc3nc(C(F)(F)F)sc3c2)n1. The van der Waals surface area contributed by atoms with Crippen molar-refractivity contribution in [3.63, 3.8) is 0 Å². The van der Waals surface area contributed by atoms with Crippen LogP contribution in [0.3, 0.4) is 0 Å². The molecule has 6 rings (SSSR count). The summed E-state index contributed by atoms with van der Waals surface area (Å²) in [6.45, 7) is 0.819. The van der Waals surface area contributed by atoms with E-state index in [1.165, 1.54) is 29.8 Å². The molecule has 0 bridgehead atoms. The normalized spacial score (nSPS) is 22.9. The Bertz CT molecular complexity index is 1800. The lowest BCUT2D eigenvalue weighted by molar-refractivity contribution is -0.210. The number of rotatable bonds is 5. The van der Waals surface area contributed by atoms with Gasteiger partial charge < -0.3 is 20.1 Å². The summed E-state index contributed by atoms with van der Waals surface area (Å²) in [5.74, 6) is -4.40. The maximum Gasteiger partial charge on any atom is 0.443 e. The summed E-state index contributed by atoms with van der Waals surface area (Å²) >= 11 is 0.436. The van der Waals surface area contributed by atoms with Gasteiger partial charge in [0, 0.05) is 5.56 Å². The van der Waals surface area contributed by atoms with Crippen molar-refractivity contribution in [2.24, 2.45) is 0 Å². The number of ether oxygens (including phenoxy) is 1. The Balaban J connectivity index is 1.38. The summed E-state index contributed by atoms with van der Waals surface area (Å²) in [5.41, 5.74) is 0.0927. The lowest BCUT2D eigenvalue weighted by Gasteiger charge is -2.41. The van der Waals surface area contributed by atoms with Gasteiger partial charge in [0.2, 0.25) is 0 Å². The number of aromatic nitrogens is 7. The number of thiazole rings is 1. The summed E-state index contributed by atoms with van der Waals surface area (Å²) < 4.78 is 88.9. The Morgan fingerprint density at radius 2 is 1.74 bits per heavy atom. The molecule has 0 saturated carbocycles. The first kappa shape index (κ1) is 29.1. The zero-order chi connectivity index (χ0) is 30.8. The fraction of sp³-hybridized carbons (Fsp3) is 0.320. The Morgan fingerprint density at radius 1 is 1.02 bits per heavy atom. The number of halogens is 6. The van der Waals surface area contributed by atoms with Crippen LogP contribution < -0.4 is 0 Å². The van der Waals surface area contributed by atoms with Crippen molar-refractivity contribution in [1.29, 1.82) is 0 Å². The molecule has 11 nitrogen and oxygen atoms in total. The molecule has 5 atom stereocenters. The van der Waals surface area contributed by atoms with E-state index in [1.807, 2.05) is 0 Å². The molecule has 226 valence electrons. The molecule has 1 fully saturated rings. The number of fused-ring (bicyclic) bond motifs is 1. The zero-order valence-corrected chi connectivity index (χ0v) is 22.4. The molecule has 0 radical (unpaired) electrons. The van der Waals surface area contributed by atoms with Crippen LogP contribution in [-0.4, -0.2) is 75.0 Å².